The van der Waals surface area contributed by atoms with Gasteiger partial charge in [-0.3, -0.25) is 14.6 Å². The summed E-state index contributed by atoms with van der Waals surface area (Å²) >= 11 is 6.31. The van der Waals surface area contributed by atoms with Crippen LogP contribution in [0, 0.1) is 5.41 Å². The third-order valence-electron chi connectivity index (χ3n) is 5.49. The minimum Gasteiger partial charge on any atom is -0.326 e. The smallest absolute Gasteiger partial charge is 0.249 e. The lowest BCUT2D eigenvalue weighted by atomic mass is 9.92. The van der Waals surface area contributed by atoms with E-state index in [2.05, 4.69) is 10.6 Å². The fourth-order valence-electron chi connectivity index (χ4n) is 3.93. The van der Waals surface area contributed by atoms with Gasteiger partial charge in [-0.2, -0.15) is 0 Å². The van der Waals surface area contributed by atoms with Crippen molar-refractivity contribution < 1.29 is 9.59 Å². The largest absolute Gasteiger partial charge is 0.326 e. The van der Waals surface area contributed by atoms with Gasteiger partial charge in [-0.1, -0.05) is 88.7 Å². The number of nitrogens with zero attached hydrogens (tertiary/aromatic N) is 1. The first-order valence-corrected chi connectivity index (χ1v) is 12.7. The van der Waals surface area contributed by atoms with Crippen molar-refractivity contribution in [2.75, 3.05) is 10.6 Å². The number of amides is 2. The summed E-state index contributed by atoms with van der Waals surface area (Å²) in [5.74, 6) is -0.185. The van der Waals surface area contributed by atoms with Gasteiger partial charge in [-0.25, -0.2) is 0 Å². The van der Waals surface area contributed by atoms with E-state index in [0.717, 1.165) is 16.7 Å². The van der Waals surface area contributed by atoms with Gasteiger partial charge in [0, 0.05) is 34.7 Å². The van der Waals surface area contributed by atoms with Crippen LogP contribution >= 0.6 is 11.6 Å². The second kappa shape index (κ2) is 12.0. The Kier molecular flexibility index (Phi) is 9.05. The predicted octanol–water partition coefficient (Wildman–Crippen LogP) is 7.14. The molecule has 0 aliphatic carbocycles. The van der Waals surface area contributed by atoms with Crippen LogP contribution in [0.3, 0.4) is 0 Å². The minimum absolute atomic E-state index is 0.0260. The van der Waals surface area contributed by atoms with E-state index < -0.39 is 6.04 Å². The highest BCUT2D eigenvalue weighted by atomic mass is 35.5. The summed E-state index contributed by atoms with van der Waals surface area (Å²) in [5, 5.41) is 6.52. The van der Waals surface area contributed by atoms with Crippen molar-refractivity contribution in [3.8, 4) is 0 Å². The summed E-state index contributed by atoms with van der Waals surface area (Å²) < 4.78 is 0. The van der Waals surface area contributed by atoms with E-state index in [1.165, 1.54) is 0 Å². The van der Waals surface area contributed by atoms with E-state index in [1.54, 1.807) is 12.1 Å². The lowest BCUT2D eigenvalue weighted by molar-refractivity contribution is -0.118. The molecule has 0 fully saturated rings. The molecular formula is C30H34ClN3O2. The lowest BCUT2D eigenvalue weighted by Crippen LogP contribution is -2.27. The second-order valence-corrected chi connectivity index (χ2v) is 10.2. The maximum absolute atomic E-state index is 13.0. The SMILES string of the molecule is CC.CC(C)(C)CC(=O)Nc1ccc(C2=NC(Cc3ccccc3)C(=O)Nc3ccc(Cl)cc32)cc1. The normalized spacial score (nSPS) is 14.9. The van der Waals surface area contributed by atoms with Gasteiger partial charge in [-0.05, 0) is 41.3 Å². The highest BCUT2D eigenvalue weighted by molar-refractivity contribution is 6.32. The molecule has 0 saturated heterocycles. The number of nitrogens with one attached hydrogen (secondary N) is 2. The first kappa shape index (κ1) is 27.2. The Morgan fingerprint density at radius 3 is 2.31 bits per heavy atom. The zero-order valence-electron chi connectivity index (χ0n) is 21.6. The van der Waals surface area contributed by atoms with Gasteiger partial charge in [0.05, 0.1) is 11.4 Å². The van der Waals surface area contributed by atoms with Gasteiger partial charge in [0.15, 0.2) is 0 Å². The Labute approximate surface area is 219 Å². The number of hydrogen-bond donors (Lipinski definition) is 2. The molecular weight excluding hydrogens is 470 g/mol. The number of hydrogen-bond acceptors (Lipinski definition) is 3. The van der Waals surface area contributed by atoms with Crippen LogP contribution in [-0.4, -0.2) is 23.6 Å². The number of benzene rings is 3. The molecule has 4 rings (SSSR count). The first-order valence-electron chi connectivity index (χ1n) is 12.3. The Bertz CT molecular complexity index is 1230. The maximum Gasteiger partial charge on any atom is 0.249 e. The van der Waals surface area contributed by atoms with Crippen LogP contribution in [0.4, 0.5) is 11.4 Å². The molecule has 5 nitrogen and oxygen atoms in total. The molecule has 3 aromatic rings. The molecule has 0 spiro atoms. The van der Waals surface area contributed by atoms with Gasteiger partial charge in [-0.15, -0.1) is 0 Å². The number of anilines is 2. The molecule has 188 valence electrons. The predicted molar refractivity (Wildman–Crippen MR) is 150 cm³/mol. The third kappa shape index (κ3) is 7.28. The molecule has 1 unspecified atom stereocenters. The molecule has 1 atom stereocenters. The summed E-state index contributed by atoms with van der Waals surface area (Å²) in [4.78, 5) is 30.3. The van der Waals surface area contributed by atoms with E-state index in [-0.39, 0.29) is 17.2 Å². The van der Waals surface area contributed by atoms with Crippen molar-refractivity contribution in [2.45, 2.75) is 53.5 Å². The first-order chi connectivity index (χ1) is 17.2. The minimum atomic E-state index is -0.588. The molecule has 2 amide bonds. The van der Waals surface area contributed by atoms with E-state index in [9.17, 15) is 9.59 Å². The quantitative estimate of drug-likeness (QED) is 0.388. The van der Waals surface area contributed by atoms with Crippen LogP contribution in [-0.2, 0) is 16.0 Å². The molecule has 1 aliphatic heterocycles. The third-order valence-corrected chi connectivity index (χ3v) is 5.72. The fourth-order valence-corrected chi connectivity index (χ4v) is 4.10. The average molecular weight is 504 g/mol. The molecule has 36 heavy (non-hydrogen) atoms. The van der Waals surface area contributed by atoms with Gasteiger partial charge < -0.3 is 10.6 Å². The monoisotopic (exact) mass is 503 g/mol. The van der Waals surface area contributed by atoms with Crippen LogP contribution in [0.15, 0.2) is 77.8 Å². The Morgan fingerprint density at radius 1 is 1.00 bits per heavy atom. The number of rotatable bonds is 5. The highest BCUT2D eigenvalue weighted by Gasteiger charge is 2.26. The number of carbonyl (C=O) groups is 2. The van der Waals surface area contributed by atoms with Crippen molar-refractivity contribution >= 4 is 40.5 Å². The van der Waals surface area contributed by atoms with Crippen LogP contribution in [0.25, 0.3) is 0 Å². The van der Waals surface area contributed by atoms with E-state index >= 15 is 0 Å². The zero-order valence-corrected chi connectivity index (χ0v) is 22.3. The van der Waals surface area contributed by atoms with Crippen LogP contribution in [0.5, 0.6) is 0 Å². The van der Waals surface area contributed by atoms with Crippen LogP contribution in [0.1, 0.15) is 57.7 Å². The van der Waals surface area contributed by atoms with Gasteiger partial charge in [0.25, 0.3) is 0 Å². The topological polar surface area (TPSA) is 70.6 Å². The molecule has 2 N–H and O–H groups in total. The second-order valence-electron chi connectivity index (χ2n) is 9.73. The average Bonchev–Trinajstić information content (AvgIpc) is 2.97. The summed E-state index contributed by atoms with van der Waals surface area (Å²) in [6.07, 6.45) is 0.918. The molecule has 3 aromatic carbocycles. The van der Waals surface area contributed by atoms with E-state index in [0.29, 0.717) is 35.0 Å². The molecule has 1 heterocycles. The molecule has 0 saturated carbocycles. The summed E-state index contributed by atoms with van der Waals surface area (Å²) in [6, 6.07) is 22.2. The molecule has 1 aliphatic rings. The Balaban J connectivity index is 0.00000176. The molecule has 0 bridgehead atoms. The Morgan fingerprint density at radius 2 is 1.67 bits per heavy atom. The van der Waals surface area contributed by atoms with Crippen LogP contribution < -0.4 is 10.6 Å². The van der Waals surface area contributed by atoms with Crippen molar-refractivity contribution in [3.63, 3.8) is 0 Å². The lowest BCUT2D eigenvalue weighted by Gasteiger charge is -2.17. The molecule has 0 radical (unpaired) electrons. The van der Waals surface area contributed by atoms with Gasteiger partial charge in [0.1, 0.15) is 6.04 Å². The van der Waals surface area contributed by atoms with Crippen molar-refractivity contribution in [3.05, 3.63) is 94.5 Å². The van der Waals surface area contributed by atoms with E-state index in [1.807, 2.05) is 95.3 Å². The van der Waals surface area contributed by atoms with Gasteiger partial charge in [0.2, 0.25) is 11.8 Å². The van der Waals surface area contributed by atoms with Gasteiger partial charge >= 0.3 is 0 Å². The highest BCUT2D eigenvalue weighted by Crippen LogP contribution is 2.29. The number of aliphatic imine (C=N–C) groups is 1. The summed E-state index contributed by atoms with van der Waals surface area (Å²) in [7, 11) is 0. The Hall–Kier alpha value is -3.44. The number of carbonyl (C=O) groups excluding carboxylic acids is 2. The maximum atomic E-state index is 13.0. The van der Waals surface area contributed by atoms with Crippen molar-refractivity contribution in [1.29, 1.82) is 0 Å². The van der Waals surface area contributed by atoms with E-state index in [4.69, 9.17) is 16.6 Å². The number of fused-ring (bicyclic) bond motifs is 1. The summed E-state index contributed by atoms with van der Waals surface area (Å²) in [6.45, 7) is 10.1. The van der Waals surface area contributed by atoms with Crippen LogP contribution in [0.2, 0.25) is 5.02 Å². The number of halogens is 1. The molecule has 0 aromatic heterocycles. The fraction of sp³-hybridized carbons (Fsp3) is 0.300. The summed E-state index contributed by atoms with van der Waals surface area (Å²) in [5.41, 5.74) is 4.62. The number of benzodiazepines with no additional fused rings is 1. The van der Waals surface area contributed by atoms with Crippen molar-refractivity contribution in [2.24, 2.45) is 10.4 Å². The molecule has 6 heteroatoms. The zero-order chi connectivity index (χ0) is 26.3. The standard InChI is InChI=1S/C28H28ClN3O2.C2H6/c1-28(2,3)17-25(33)30-21-12-9-19(10-13-21)26-22-16-20(29)11-14-23(22)32-27(34)24(31-26)15-18-7-5-4-6-8-18;1-2/h4-14,16,24H,15,17H2,1-3H3,(H,30,33)(H,32,34);1-2H3. The van der Waals surface area contributed by atoms with Crippen molar-refractivity contribution in [1.82, 2.24) is 0 Å².